The topological polar surface area (TPSA) is 77.0 Å². The number of hydrogen-bond acceptors (Lipinski definition) is 4. The Morgan fingerprint density at radius 1 is 1.09 bits per heavy atom. The van der Waals surface area contributed by atoms with Gasteiger partial charge in [-0.2, -0.15) is 0 Å². The van der Waals surface area contributed by atoms with E-state index in [1.165, 1.54) is 10.5 Å². The molecule has 5 unspecified atom stereocenters. The van der Waals surface area contributed by atoms with E-state index < -0.39 is 0 Å². The van der Waals surface area contributed by atoms with E-state index in [1.54, 1.807) is 7.05 Å². The van der Waals surface area contributed by atoms with Gasteiger partial charge in [0, 0.05) is 32.7 Å². The van der Waals surface area contributed by atoms with E-state index in [2.05, 4.69) is 71.0 Å². The van der Waals surface area contributed by atoms with Gasteiger partial charge in [0.1, 0.15) is 0 Å². The molecule has 1 heterocycles. The molecule has 2 bridgehead atoms. The van der Waals surface area contributed by atoms with Crippen molar-refractivity contribution in [3.05, 3.63) is 48.0 Å². The van der Waals surface area contributed by atoms with Crippen LogP contribution in [-0.4, -0.2) is 74.4 Å². The number of fused-ring (bicyclic) bond motifs is 5. The van der Waals surface area contributed by atoms with E-state index in [-0.39, 0.29) is 59.5 Å². The Bertz CT molecular complexity index is 842. The summed E-state index contributed by atoms with van der Waals surface area (Å²) >= 11 is 0. The van der Waals surface area contributed by atoms with Crippen LogP contribution in [0, 0.1) is 23.7 Å². The molecule has 2 N–H and O–H groups in total. The first-order valence-corrected chi connectivity index (χ1v) is 11.2. The Morgan fingerprint density at radius 2 is 1.72 bits per heavy atom. The molecule has 5 atom stereocenters. The van der Waals surface area contributed by atoms with Crippen LogP contribution in [0.3, 0.4) is 0 Å². The molecule has 3 aliphatic rings. The van der Waals surface area contributed by atoms with Crippen molar-refractivity contribution in [3.63, 3.8) is 0 Å². The number of halogens is 1. The first-order chi connectivity index (χ1) is 15.0. The number of likely N-dealkylation sites (tertiary alicyclic amines) is 1. The molecule has 8 heteroatoms. The minimum Gasteiger partial charge on any atom is -0.355 e. The van der Waals surface area contributed by atoms with Gasteiger partial charge in [-0.25, -0.2) is 0 Å². The average Bonchev–Trinajstić information content (AvgIpc) is 3.45. The smallest absolute Gasteiger partial charge is 0.233 e. The number of nitrogens with zero attached hydrogens (tertiary/aromatic N) is 3. The van der Waals surface area contributed by atoms with Gasteiger partial charge in [0.05, 0.1) is 11.8 Å². The van der Waals surface area contributed by atoms with Crippen molar-refractivity contribution in [1.29, 1.82) is 0 Å². The Hall–Kier alpha value is -1.94. The van der Waals surface area contributed by atoms with Gasteiger partial charge in [-0.15, -0.1) is 24.0 Å². The number of carbonyl (C=O) groups is 2. The minimum atomic E-state index is -0.126. The highest BCUT2D eigenvalue weighted by Crippen LogP contribution is 2.52. The summed E-state index contributed by atoms with van der Waals surface area (Å²) in [5.74, 6) is 0.954. The summed E-state index contributed by atoms with van der Waals surface area (Å²) < 4.78 is 0. The van der Waals surface area contributed by atoms with Gasteiger partial charge < -0.3 is 15.5 Å². The number of hydrogen-bond donors (Lipinski definition) is 2. The molecule has 2 fully saturated rings. The lowest BCUT2D eigenvalue weighted by Crippen LogP contribution is -2.48. The molecule has 2 aliphatic carbocycles. The molecule has 174 valence electrons. The first-order valence-electron chi connectivity index (χ1n) is 11.2. The summed E-state index contributed by atoms with van der Waals surface area (Å²) in [5, 5.41) is 6.64. The van der Waals surface area contributed by atoms with Crippen LogP contribution < -0.4 is 10.6 Å². The fourth-order valence-electron chi connectivity index (χ4n) is 5.23. The number of rotatable bonds is 8. The third-order valence-electron chi connectivity index (χ3n) is 6.96. The zero-order valence-corrected chi connectivity index (χ0v) is 21.4. The first kappa shape index (κ1) is 24.7. The fourth-order valence-corrected chi connectivity index (χ4v) is 5.23. The standard InChI is InChI=1S/C24H33N5O2.HI/c1-25-24(27-15-19(28(2)3)13-16-7-5-4-6-8-16)26-11-12-29-22(30)20-17-9-10-18(14-17)21(20)23(29)31;/h4-10,17-21H,11-15H2,1-3H3,(H2,25,26,27);1H. The number of nitrogens with one attached hydrogen (secondary N) is 2. The van der Waals surface area contributed by atoms with Crippen LogP contribution in [0.2, 0.25) is 0 Å². The van der Waals surface area contributed by atoms with Crippen molar-refractivity contribution in [3.8, 4) is 0 Å². The Morgan fingerprint density at radius 3 is 2.28 bits per heavy atom. The Balaban J connectivity index is 0.00000289. The number of amides is 2. The highest BCUT2D eigenvalue weighted by molar-refractivity contribution is 14.0. The molecule has 7 nitrogen and oxygen atoms in total. The summed E-state index contributed by atoms with van der Waals surface area (Å²) in [6.07, 6.45) is 6.15. The lowest BCUT2D eigenvalue weighted by Gasteiger charge is -2.26. The number of imide groups is 1. The van der Waals surface area contributed by atoms with E-state index in [1.807, 2.05) is 6.07 Å². The zero-order valence-electron chi connectivity index (χ0n) is 19.0. The molecule has 1 saturated carbocycles. The van der Waals surface area contributed by atoms with Crippen molar-refractivity contribution in [1.82, 2.24) is 20.4 Å². The second kappa shape index (κ2) is 10.8. The predicted octanol–water partition coefficient (Wildman–Crippen LogP) is 1.75. The Labute approximate surface area is 207 Å². The van der Waals surface area contributed by atoms with Crippen LogP contribution in [0.1, 0.15) is 12.0 Å². The third-order valence-corrected chi connectivity index (χ3v) is 6.96. The molecule has 1 aromatic carbocycles. The summed E-state index contributed by atoms with van der Waals surface area (Å²) in [5.41, 5.74) is 1.30. The molecule has 32 heavy (non-hydrogen) atoms. The van der Waals surface area contributed by atoms with Crippen molar-refractivity contribution < 1.29 is 9.59 Å². The lowest BCUT2D eigenvalue weighted by atomic mass is 9.85. The van der Waals surface area contributed by atoms with Crippen molar-refractivity contribution in [2.24, 2.45) is 28.7 Å². The molecule has 0 radical (unpaired) electrons. The number of likely N-dealkylation sites (N-methyl/N-ethyl adjacent to an activating group) is 1. The van der Waals surface area contributed by atoms with Crippen LogP contribution >= 0.6 is 24.0 Å². The highest BCUT2D eigenvalue weighted by Gasteiger charge is 2.58. The molecular formula is C24H34IN5O2. The van der Waals surface area contributed by atoms with E-state index in [0.29, 0.717) is 25.1 Å². The molecule has 4 rings (SSSR count). The zero-order chi connectivity index (χ0) is 22.0. The van der Waals surface area contributed by atoms with Gasteiger partial charge in [-0.05, 0) is 44.3 Å². The summed E-state index contributed by atoms with van der Waals surface area (Å²) in [6, 6.07) is 10.8. The maximum atomic E-state index is 12.8. The average molecular weight is 551 g/mol. The van der Waals surface area contributed by atoms with Crippen LogP contribution in [0.4, 0.5) is 0 Å². The fraction of sp³-hybridized carbons (Fsp3) is 0.542. The molecule has 1 aromatic rings. The van der Waals surface area contributed by atoms with E-state index in [0.717, 1.165) is 19.4 Å². The van der Waals surface area contributed by atoms with Gasteiger partial charge in [0.25, 0.3) is 0 Å². The van der Waals surface area contributed by atoms with Crippen LogP contribution in [-0.2, 0) is 16.0 Å². The molecule has 0 spiro atoms. The maximum Gasteiger partial charge on any atom is 0.233 e. The third kappa shape index (κ3) is 5.01. The SMILES string of the molecule is CN=C(NCCN1C(=O)C2C3C=CC(C3)C2C1=O)NCC(Cc1ccccc1)N(C)C.I. The van der Waals surface area contributed by atoms with Crippen LogP contribution in [0.25, 0.3) is 0 Å². The van der Waals surface area contributed by atoms with E-state index >= 15 is 0 Å². The van der Waals surface area contributed by atoms with Crippen LogP contribution in [0.5, 0.6) is 0 Å². The minimum absolute atomic E-state index is 0. The second-order valence-electron chi connectivity index (χ2n) is 9.02. The maximum absolute atomic E-state index is 12.8. The monoisotopic (exact) mass is 551 g/mol. The van der Waals surface area contributed by atoms with Gasteiger partial charge in [0.2, 0.25) is 11.8 Å². The molecule has 0 aromatic heterocycles. The second-order valence-corrected chi connectivity index (χ2v) is 9.02. The van der Waals surface area contributed by atoms with Gasteiger partial charge in [-0.1, -0.05) is 42.5 Å². The van der Waals surface area contributed by atoms with E-state index in [4.69, 9.17) is 0 Å². The number of aliphatic imine (C=N–C) groups is 1. The van der Waals surface area contributed by atoms with Gasteiger partial charge in [0.15, 0.2) is 5.96 Å². The molecule has 1 aliphatic heterocycles. The van der Waals surface area contributed by atoms with Crippen molar-refractivity contribution >= 4 is 41.8 Å². The summed E-state index contributed by atoms with van der Waals surface area (Å²) in [6.45, 7) is 1.61. The lowest BCUT2D eigenvalue weighted by molar-refractivity contribution is -0.140. The quantitative estimate of drug-likeness (QED) is 0.169. The van der Waals surface area contributed by atoms with Gasteiger partial charge in [-0.3, -0.25) is 19.5 Å². The number of carbonyl (C=O) groups excluding carboxylic acids is 2. The highest BCUT2D eigenvalue weighted by atomic mass is 127. The van der Waals surface area contributed by atoms with Crippen molar-refractivity contribution in [2.45, 2.75) is 18.9 Å². The molecule has 1 saturated heterocycles. The van der Waals surface area contributed by atoms with E-state index in [9.17, 15) is 9.59 Å². The summed E-state index contributed by atoms with van der Waals surface area (Å²) in [4.78, 5) is 33.5. The normalized spacial score (nSPS) is 27.0. The molecular weight excluding hydrogens is 517 g/mol. The largest absolute Gasteiger partial charge is 0.355 e. The van der Waals surface area contributed by atoms with Crippen molar-refractivity contribution in [2.75, 3.05) is 40.8 Å². The number of benzene rings is 1. The van der Waals surface area contributed by atoms with Crippen LogP contribution in [0.15, 0.2) is 47.5 Å². The predicted molar refractivity (Wildman–Crippen MR) is 137 cm³/mol. The number of guanidine groups is 1. The van der Waals surface area contributed by atoms with Gasteiger partial charge >= 0.3 is 0 Å². The number of allylic oxidation sites excluding steroid dienone is 2. The molecule has 2 amide bonds. The Kier molecular flexibility index (Phi) is 8.32. The summed E-state index contributed by atoms with van der Waals surface area (Å²) in [7, 11) is 5.89.